The molecule has 4 nitrogen and oxygen atoms in total. The highest BCUT2D eigenvalue weighted by molar-refractivity contribution is 9.10. The van der Waals surface area contributed by atoms with Crippen molar-refractivity contribution in [2.45, 2.75) is 11.8 Å². The molecule has 0 atom stereocenters. The molecule has 102 valence electrons. The Hall–Kier alpha value is -0.430. The molecule has 0 aliphatic rings. The van der Waals surface area contributed by atoms with Crippen LogP contribution in [0.2, 0.25) is 0 Å². The maximum absolute atomic E-state index is 11.3. The first-order valence-electron chi connectivity index (χ1n) is 5.49. The highest BCUT2D eigenvalue weighted by Crippen LogP contribution is 2.33. The number of hydrogen-bond donors (Lipinski definition) is 2. The van der Waals surface area contributed by atoms with E-state index >= 15 is 0 Å². The van der Waals surface area contributed by atoms with Crippen molar-refractivity contribution in [3.63, 3.8) is 0 Å². The van der Waals surface area contributed by atoms with Crippen LogP contribution in [0.4, 0.5) is 0 Å². The minimum atomic E-state index is -3.14. The summed E-state index contributed by atoms with van der Waals surface area (Å²) in [5.74, 6) is -0.0740. The van der Waals surface area contributed by atoms with Crippen molar-refractivity contribution in [2.24, 2.45) is 0 Å². The minimum absolute atomic E-state index is 0.0740. The molecule has 0 radical (unpaired) electrons. The predicted molar refractivity (Wildman–Crippen MR) is 74.3 cm³/mol. The number of sulfone groups is 1. The van der Waals surface area contributed by atoms with E-state index in [0.717, 1.165) is 16.3 Å². The Morgan fingerprint density at radius 1 is 1.22 bits per heavy atom. The fraction of sp³-hybridized carbons (Fsp3) is 0.500. The van der Waals surface area contributed by atoms with Gasteiger partial charge in [-0.25, -0.2) is 8.42 Å². The normalized spacial score (nSPS) is 12.7. The van der Waals surface area contributed by atoms with E-state index in [0.29, 0.717) is 0 Å². The van der Waals surface area contributed by atoms with Crippen molar-refractivity contribution in [1.29, 1.82) is 0 Å². The number of hydrogen-bond acceptors (Lipinski definition) is 4. The topological polar surface area (TPSA) is 74.6 Å². The van der Waals surface area contributed by atoms with Crippen molar-refractivity contribution in [2.75, 3.05) is 25.2 Å². The summed E-state index contributed by atoms with van der Waals surface area (Å²) in [6, 6.07) is 7.19. The van der Waals surface area contributed by atoms with E-state index in [2.05, 4.69) is 15.9 Å². The van der Waals surface area contributed by atoms with Crippen LogP contribution >= 0.6 is 15.9 Å². The van der Waals surface area contributed by atoms with Crippen LogP contribution in [0, 0.1) is 0 Å². The van der Waals surface area contributed by atoms with Gasteiger partial charge in [0.1, 0.15) is 9.84 Å². The van der Waals surface area contributed by atoms with Crippen molar-refractivity contribution in [3.05, 3.63) is 34.3 Å². The zero-order valence-corrected chi connectivity index (χ0v) is 12.5. The molecule has 1 aromatic carbocycles. The van der Waals surface area contributed by atoms with Gasteiger partial charge in [0.25, 0.3) is 0 Å². The van der Waals surface area contributed by atoms with Crippen molar-refractivity contribution in [1.82, 2.24) is 0 Å². The number of rotatable bonds is 6. The highest BCUT2D eigenvalue weighted by Gasteiger charge is 2.33. The van der Waals surface area contributed by atoms with Gasteiger partial charge in [-0.1, -0.05) is 34.1 Å². The molecule has 0 fully saturated rings. The fourth-order valence-electron chi connectivity index (χ4n) is 1.79. The smallest absolute Gasteiger partial charge is 0.147 e. The van der Waals surface area contributed by atoms with E-state index in [1.54, 1.807) is 18.2 Å². The van der Waals surface area contributed by atoms with E-state index in [1.807, 2.05) is 6.07 Å². The molecule has 1 aromatic rings. The summed E-state index contributed by atoms with van der Waals surface area (Å²) < 4.78 is 23.3. The van der Waals surface area contributed by atoms with Gasteiger partial charge in [0.2, 0.25) is 0 Å². The van der Waals surface area contributed by atoms with Crippen LogP contribution in [0.5, 0.6) is 0 Å². The summed E-state index contributed by atoms with van der Waals surface area (Å²) in [6.07, 6.45) is 1.33. The van der Waals surface area contributed by atoms with Gasteiger partial charge in [0.15, 0.2) is 0 Å². The minimum Gasteiger partial charge on any atom is -0.395 e. The van der Waals surface area contributed by atoms with Crippen LogP contribution in [-0.2, 0) is 15.3 Å². The van der Waals surface area contributed by atoms with Crippen LogP contribution in [0.25, 0.3) is 0 Å². The number of aliphatic hydroxyl groups excluding tert-OH is 2. The SMILES string of the molecule is CS(=O)(=O)CCC(CO)(CO)c1ccccc1Br. The molecule has 0 aromatic heterocycles. The third-order valence-corrected chi connectivity index (χ3v) is 4.64. The van der Waals surface area contributed by atoms with Crippen molar-refractivity contribution in [3.8, 4) is 0 Å². The largest absolute Gasteiger partial charge is 0.395 e. The third kappa shape index (κ3) is 3.78. The summed E-state index contributed by atoms with van der Waals surface area (Å²) in [4.78, 5) is 0. The number of benzene rings is 1. The molecule has 0 aliphatic carbocycles. The highest BCUT2D eigenvalue weighted by atomic mass is 79.9. The molecule has 2 N–H and O–H groups in total. The van der Waals surface area contributed by atoms with Gasteiger partial charge in [0.05, 0.1) is 19.0 Å². The molecule has 0 spiro atoms. The third-order valence-electron chi connectivity index (χ3n) is 3.00. The molecule has 18 heavy (non-hydrogen) atoms. The lowest BCUT2D eigenvalue weighted by molar-refractivity contribution is 0.113. The van der Waals surface area contributed by atoms with E-state index in [9.17, 15) is 18.6 Å². The lowest BCUT2D eigenvalue weighted by Crippen LogP contribution is -2.37. The molecule has 0 unspecified atom stereocenters. The molecule has 0 bridgehead atoms. The quantitative estimate of drug-likeness (QED) is 0.815. The Morgan fingerprint density at radius 3 is 2.22 bits per heavy atom. The molecule has 0 saturated heterocycles. The first-order chi connectivity index (χ1) is 8.34. The lowest BCUT2D eigenvalue weighted by atomic mass is 9.79. The van der Waals surface area contributed by atoms with Crippen LogP contribution < -0.4 is 0 Å². The molecule has 1 rings (SSSR count). The fourth-order valence-corrected chi connectivity index (χ4v) is 3.25. The Balaban J connectivity index is 3.11. The van der Waals surface area contributed by atoms with E-state index in [1.165, 1.54) is 0 Å². The Morgan fingerprint density at radius 2 is 1.78 bits per heavy atom. The molecule has 0 amide bonds. The molecular formula is C12H17BrO4S. The van der Waals surface area contributed by atoms with Gasteiger partial charge in [-0.05, 0) is 18.1 Å². The van der Waals surface area contributed by atoms with Crippen LogP contribution in [-0.4, -0.2) is 43.9 Å². The molecular weight excluding hydrogens is 320 g/mol. The average Bonchev–Trinajstić information content (AvgIpc) is 2.31. The number of aliphatic hydroxyl groups is 2. The molecule has 0 heterocycles. The first kappa shape index (κ1) is 15.6. The van der Waals surface area contributed by atoms with Crippen LogP contribution in [0.1, 0.15) is 12.0 Å². The summed E-state index contributed by atoms with van der Waals surface area (Å²) in [5, 5.41) is 19.2. The zero-order valence-electron chi connectivity index (χ0n) is 10.1. The van der Waals surface area contributed by atoms with Gasteiger partial charge in [0, 0.05) is 16.1 Å². The average molecular weight is 337 g/mol. The Kier molecular flexibility index (Phi) is 5.33. The molecule has 6 heteroatoms. The van der Waals surface area contributed by atoms with Gasteiger partial charge in [-0.3, -0.25) is 0 Å². The van der Waals surface area contributed by atoms with E-state index in [4.69, 9.17) is 0 Å². The summed E-state index contributed by atoms with van der Waals surface area (Å²) in [7, 11) is -3.14. The van der Waals surface area contributed by atoms with Crippen molar-refractivity contribution < 1.29 is 18.6 Å². The van der Waals surface area contributed by atoms with Gasteiger partial charge >= 0.3 is 0 Å². The molecule has 0 aliphatic heterocycles. The second-order valence-electron chi connectivity index (χ2n) is 4.46. The maximum atomic E-state index is 11.3. The van der Waals surface area contributed by atoms with Gasteiger partial charge in [-0.2, -0.15) is 0 Å². The van der Waals surface area contributed by atoms with Crippen molar-refractivity contribution >= 4 is 25.8 Å². The molecule has 0 saturated carbocycles. The first-order valence-corrected chi connectivity index (χ1v) is 8.34. The number of halogens is 1. The van der Waals surface area contributed by atoms with Crippen LogP contribution in [0.15, 0.2) is 28.7 Å². The van der Waals surface area contributed by atoms with Gasteiger partial charge < -0.3 is 10.2 Å². The predicted octanol–water partition coefficient (Wildman–Crippen LogP) is 1.11. The van der Waals surface area contributed by atoms with Crippen LogP contribution in [0.3, 0.4) is 0 Å². The summed E-state index contributed by atoms with van der Waals surface area (Å²) in [6.45, 7) is -0.608. The van der Waals surface area contributed by atoms with E-state index < -0.39 is 15.3 Å². The second kappa shape index (κ2) is 6.14. The standard InChI is InChI=1S/C12H17BrO4S/c1-18(16,17)7-6-12(8-14,9-15)10-4-2-3-5-11(10)13/h2-5,14-15H,6-9H2,1H3. The summed E-state index contributed by atoms with van der Waals surface area (Å²) in [5.41, 5.74) is -0.220. The Bertz CT molecular complexity index is 495. The summed E-state index contributed by atoms with van der Waals surface area (Å²) >= 11 is 3.36. The van der Waals surface area contributed by atoms with E-state index in [-0.39, 0.29) is 25.4 Å². The maximum Gasteiger partial charge on any atom is 0.147 e. The lowest BCUT2D eigenvalue weighted by Gasteiger charge is -2.31. The van der Waals surface area contributed by atoms with Gasteiger partial charge in [-0.15, -0.1) is 0 Å². The monoisotopic (exact) mass is 336 g/mol. The Labute approximate surface area is 116 Å². The zero-order chi connectivity index (χ0) is 13.8. The second-order valence-corrected chi connectivity index (χ2v) is 7.57.